The Morgan fingerprint density at radius 3 is 2.55 bits per heavy atom. The molecule has 3 heterocycles. The molecule has 0 amide bonds. The van der Waals surface area contributed by atoms with Crippen molar-refractivity contribution in [3.05, 3.63) is 102 Å². The van der Waals surface area contributed by atoms with E-state index in [0.29, 0.717) is 27.6 Å². The van der Waals surface area contributed by atoms with Crippen molar-refractivity contribution in [2.45, 2.75) is 26.1 Å². The Bertz CT molecular complexity index is 1880. The minimum atomic E-state index is -4.50. The van der Waals surface area contributed by atoms with Gasteiger partial charge in [0.25, 0.3) is 5.56 Å². The van der Waals surface area contributed by atoms with E-state index in [2.05, 4.69) is 4.99 Å². The number of nitrogens with zero attached hydrogens (tertiary/aromatic N) is 2. The van der Waals surface area contributed by atoms with Crippen LogP contribution in [0.4, 0.5) is 13.2 Å². The van der Waals surface area contributed by atoms with Gasteiger partial charge in [0.05, 0.1) is 48.2 Å². The topological polar surface area (TPSA) is 92.3 Å². The van der Waals surface area contributed by atoms with Crippen molar-refractivity contribution in [2.24, 2.45) is 4.99 Å². The number of rotatable bonds is 7. The number of furan rings is 1. The van der Waals surface area contributed by atoms with E-state index in [0.717, 1.165) is 23.5 Å². The zero-order valence-corrected chi connectivity index (χ0v) is 23.8. The maximum atomic E-state index is 13.8. The number of alkyl halides is 3. The van der Waals surface area contributed by atoms with Crippen LogP contribution in [0.2, 0.25) is 0 Å². The standard InChI is InChI=1S/C30H25F3N2O6S/c1-5-40-28(37)25-16(2)34-29-35(26(25)18-9-11-22(38-3)23(14-18)39-4)27(36)24(42-29)15-20-10-12-21(41-20)17-7-6-8-19(13-17)30(31,32)33/h6-15,26H,5H2,1-4H3/t26-/m0/s1. The van der Waals surface area contributed by atoms with Gasteiger partial charge in [0, 0.05) is 11.6 Å². The Hall–Kier alpha value is -4.58. The average Bonchev–Trinajstić information content (AvgIpc) is 3.55. The summed E-state index contributed by atoms with van der Waals surface area (Å²) in [4.78, 5) is 31.8. The molecule has 2 aromatic carbocycles. The van der Waals surface area contributed by atoms with Crippen molar-refractivity contribution in [1.82, 2.24) is 4.57 Å². The fourth-order valence-corrected chi connectivity index (χ4v) is 5.72. The minimum Gasteiger partial charge on any atom is -0.493 e. The smallest absolute Gasteiger partial charge is 0.416 e. The molecule has 0 unspecified atom stereocenters. The molecule has 1 aliphatic heterocycles. The molecule has 0 aliphatic carbocycles. The van der Waals surface area contributed by atoms with Crippen molar-refractivity contribution in [3.8, 4) is 22.8 Å². The summed E-state index contributed by atoms with van der Waals surface area (Å²) < 4.78 is 63.2. The van der Waals surface area contributed by atoms with Crippen LogP contribution in [0, 0.1) is 0 Å². The summed E-state index contributed by atoms with van der Waals surface area (Å²) in [7, 11) is 2.99. The molecular formula is C30H25F3N2O6S. The number of hydrogen-bond acceptors (Lipinski definition) is 8. The number of methoxy groups -OCH3 is 2. The highest BCUT2D eigenvalue weighted by atomic mass is 32.1. The predicted molar refractivity (Wildman–Crippen MR) is 149 cm³/mol. The molecule has 0 radical (unpaired) electrons. The molecule has 218 valence electrons. The van der Waals surface area contributed by atoms with Gasteiger partial charge < -0.3 is 18.6 Å². The zero-order valence-electron chi connectivity index (χ0n) is 22.9. The van der Waals surface area contributed by atoms with Gasteiger partial charge >= 0.3 is 12.1 Å². The van der Waals surface area contributed by atoms with Gasteiger partial charge in [-0.15, -0.1) is 0 Å². The summed E-state index contributed by atoms with van der Waals surface area (Å²) in [5.41, 5.74) is 0.175. The molecule has 0 spiro atoms. The molecule has 42 heavy (non-hydrogen) atoms. The third-order valence-electron chi connectivity index (χ3n) is 6.61. The predicted octanol–water partition coefficient (Wildman–Crippen LogP) is 5.09. The van der Waals surface area contributed by atoms with E-state index in [1.165, 1.54) is 43.1 Å². The molecule has 2 aromatic heterocycles. The highest BCUT2D eigenvalue weighted by Gasteiger charge is 2.34. The molecule has 0 fully saturated rings. The molecule has 1 atom stereocenters. The number of hydrogen-bond donors (Lipinski definition) is 0. The quantitative estimate of drug-likeness (QED) is 0.275. The summed E-state index contributed by atoms with van der Waals surface area (Å²) >= 11 is 1.09. The van der Waals surface area contributed by atoms with E-state index in [1.807, 2.05) is 0 Å². The number of benzene rings is 2. The first-order chi connectivity index (χ1) is 20.0. The fourth-order valence-electron chi connectivity index (χ4n) is 4.69. The first-order valence-corrected chi connectivity index (χ1v) is 13.6. The monoisotopic (exact) mass is 598 g/mol. The van der Waals surface area contributed by atoms with Crippen molar-refractivity contribution < 1.29 is 36.6 Å². The van der Waals surface area contributed by atoms with E-state index in [1.54, 1.807) is 38.1 Å². The van der Waals surface area contributed by atoms with Crippen LogP contribution in [0.5, 0.6) is 11.5 Å². The van der Waals surface area contributed by atoms with Gasteiger partial charge in [-0.25, -0.2) is 9.79 Å². The summed E-state index contributed by atoms with van der Waals surface area (Å²) in [6, 6.07) is 12.1. The number of fused-ring (bicyclic) bond motifs is 1. The van der Waals surface area contributed by atoms with Gasteiger partial charge in [-0.05, 0) is 55.8 Å². The lowest BCUT2D eigenvalue weighted by Gasteiger charge is -2.25. The highest BCUT2D eigenvalue weighted by Crippen LogP contribution is 2.36. The number of ether oxygens (including phenoxy) is 3. The van der Waals surface area contributed by atoms with E-state index in [4.69, 9.17) is 18.6 Å². The fraction of sp³-hybridized carbons (Fsp3) is 0.233. The Balaban J connectivity index is 1.63. The largest absolute Gasteiger partial charge is 0.493 e. The van der Waals surface area contributed by atoms with Crippen LogP contribution in [-0.2, 0) is 15.7 Å². The molecule has 8 nitrogen and oxygen atoms in total. The minimum absolute atomic E-state index is 0.130. The second kappa shape index (κ2) is 11.4. The second-order valence-corrected chi connectivity index (χ2v) is 10.2. The number of esters is 1. The summed E-state index contributed by atoms with van der Waals surface area (Å²) in [6.45, 7) is 3.49. The van der Waals surface area contributed by atoms with Gasteiger partial charge in [-0.1, -0.05) is 29.5 Å². The molecule has 0 saturated heterocycles. The lowest BCUT2D eigenvalue weighted by atomic mass is 9.95. The Morgan fingerprint density at radius 1 is 1.10 bits per heavy atom. The number of allylic oxidation sites excluding steroid dienone is 1. The number of carbonyl (C=O) groups excluding carboxylic acids is 1. The molecule has 5 rings (SSSR count). The van der Waals surface area contributed by atoms with E-state index < -0.39 is 29.3 Å². The van der Waals surface area contributed by atoms with Crippen LogP contribution >= 0.6 is 11.3 Å². The summed E-state index contributed by atoms with van der Waals surface area (Å²) in [5, 5.41) is 0. The van der Waals surface area contributed by atoms with Crippen LogP contribution in [0.15, 0.2) is 80.1 Å². The Kier molecular flexibility index (Phi) is 7.83. The highest BCUT2D eigenvalue weighted by molar-refractivity contribution is 7.07. The van der Waals surface area contributed by atoms with E-state index >= 15 is 0 Å². The maximum Gasteiger partial charge on any atom is 0.416 e. The van der Waals surface area contributed by atoms with Gasteiger partial charge in [-0.3, -0.25) is 9.36 Å². The lowest BCUT2D eigenvalue weighted by molar-refractivity contribution is -0.139. The number of halogens is 3. The van der Waals surface area contributed by atoms with Gasteiger partial charge in [0.2, 0.25) is 0 Å². The summed E-state index contributed by atoms with van der Waals surface area (Å²) in [6.07, 6.45) is -3.00. The van der Waals surface area contributed by atoms with Crippen LogP contribution in [0.1, 0.15) is 36.8 Å². The van der Waals surface area contributed by atoms with Crippen molar-refractivity contribution in [2.75, 3.05) is 20.8 Å². The summed E-state index contributed by atoms with van der Waals surface area (Å²) in [5.74, 6) is 0.749. The van der Waals surface area contributed by atoms with Gasteiger partial charge in [0.1, 0.15) is 11.5 Å². The third-order valence-corrected chi connectivity index (χ3v) is 7.60. The van der Waals surface area contributed by atoms with Gasteiger partial charge in [0.15, 0.2) is 16.3 Å². The van der Waals surface area contributed by atoms with Crippen LogP contribution in [0.3, 0.4) is 0 Å². The molecule has 12 heteroatoms. The van der Waals surface area contributed by atoms with E-state index in [-0.39, 0.29) is 33.8 Å². The van der Waals surface area contributed by atoms with E-state index in [9.17, 15) is 22.8 Å². The lowest BCUT2D eigenvalue weighted by Crippen LogP contribution is -2.39. The van der Waals surface area contributed by atoms with Crippen LogP contribution < -0.4 is 24.4 Å². The van der Waals surface area contributed by atoms with Crippen molar-refractivity contribution >= 4 is 23.4 Å². The Morgan fingerprint density at radius 2 is 1.86 bits per heavy atom. The molecule has 0 saturated carbocycles. The first kappa shape index (κ1) is 28.9. The van der Waals surface area contributed by atoms with Crippen LogP contribution in [0.25, 0.3) is 17.4 Å². The van der Waals surface area contributed by atoms with Crippen LogP contribution in [-0.4, -0.2) is 31.4 Å². The SMILES string of the molecule is CCOC(=O)C1=C(C)N=c2sc(=Cc3ccc(-c4cccc(C(F)(F)F)c4)o3)c(=O)n2[C@H]1c1ccc(OC)c(OC)c1. The average molecular weight is 599 g/mol. The number of carbonyl (C=O) groups is 1. The Labute approximate surface area is 241 Å². The molecule has 0 N–H and O–H groups in total. The third kappa shape index (κ3) is 5.37. The number of aromatic nitrogens is 1. The van der Waals surface area contributed by atoms with Gasteiger partial charge in [-0.2, -0.15) is 13.2 Å². The first-order valence-electron chi connectivity index (χ1n) is 12.7. The number of thiazole rings is 1. The normalized spacial score (nSPS) is 15.3. The van der Waals surface area contributed by atoms with Crippen molar-refractivity contribution in [1.29, 1.82) is 0 Å². The van der Waals surface area contributed by atoms with Crippen molar-refractivity contribution in [3.63, 3.8) is 0 Å². The molecule has 1 aliphatic rings. The maximum absolute atomic E-state index is 13.8. The molecule has 4 aromatic rings. The molecule has 0 bridgehead atoms. The zero-order chi connectivity index (χ0) is 30.2. The second-order valence-electron chi connectivity index (χ2n) is 9.20. The molecular weight excluding hydrogens is 573 g/mol.